The minimum atomic E-state index is 0.131. The summed E-state index contributed by atoms with van der Waals surface area (Å²) in [5.41, 5.74) is 3.16. The molecule has 0 bridgehead atoms. The van der Waals surface area contributed by atoms with Crippen molar-refractivity contribution in [3.63, 3.8) is 0 Å². The highest BCUT2D eigenvalue weighted by atomic mass is 31.0. The summed E-state index contributed by atoms with van der Waals surface area (Å²) in [7, 11) is 4.92. The summed E-state index contributed by atoms with van der Waals surface area (Å²) in [5, 5.41) is 3.89. The summed E-state index contributed by atoms with van der Waals surface area (Å²) < 4.78 is 12.5. The Morgan fingerprint density at radius 2 is 2.12 bits per heavy atom. The topological polar surface area (TPSA) is 30.5 Å². The number of methoxy groups -OCH3 is 1. The van der Waals surface area contributed by atoms with Gasteiger partial charge in [-0.15, -0.1) is 9.24 Å². The Kier molecular flexibility index (Phi) is 4.07. The molecular formula is C22H32NO2P. The van der Waals surface area contributed by atoms with Crippen LogP contribution in [0.1, 0.15) is 56.6 Å². The van der Waals surface area contributed by atoms with E-state index in [4.69, 9.17) is 9.47 Å². The van der Waals surface area contributed by atoms with Crippen LogP contribution in [0.5, 0.6) is 11.5 Å². The minimum Gasteiger partial charge on any atom is -0.493 e. The molecule has 1 aromatic rings. The molecule has 4 heteroatoms. The summed E-state index contributed by atoms with van der Waals surface area (Å²) in [4.78, 5) is 0. The fourth-order valence-corrected chi connectivity index (χ4v) is 6.62. The number of rotatable bonds is 6. The predicted octanol–water partition coefficient (Wildman–Crippen LogP) is 4.07. The maximum atomic E-state index is 6.76. The highest BCUT2D eigenvalue weighted by molar-refractivity contribution is 7.19. The van der Waals surface area contributed by atoms with Gasteiger partial charge in [-0.2, -0.15) is 0 Å². The second-order valence-corrected chi connectivity index (χ2v) is 10.7. The van der Waals surface area contributed by atoms with Gasteiger partial charge in [0, 0.05) is 16.1 Å². The van der Waals surface area contributed by atoms with Crippen LogP contribution in [0.25, 0.3) is 0 Å². The highest BCUT2D eigenvalue weighted by Crippen LogP contribution is 2.64. The molecule has 0 spiro atoms. The molecule has 4 aliphatic rings. The first-order valence-electron chi connectivity index (χ1n) is 10.4. The van der Waals surface area contributed by atoms with Crippen LogP contribution in [0, 0.1) is 11.8 Å². The van der Waals surface area contributed by atoms with Gasteiger partial charge in [0.2, 0.25) is 0 Å². The van der Waals surface area contributed by atoms with Gasteiger partial charge in [0.15, 0.2) is 11.5 Å². The Morgan fingerprint density at radius 3 is 2.88 bits per heavy atom. The molecule has 0 radical (unpaired) electrons. The van der Waals surface area contributed by atoms with Crippen molar-refractivity contribution >= 4 is 9.24 Å². The van der Waals surface area contributed by atoms with E-state index in [1.165, 1.54) is 62.6 Å². The lowest BCUT2D eigenvalue weighted by Gasteiger charge is -2.54. The first kappa shape index (κ1) is 17.3. The van der Waals surface area contributed by atoms with Gasteiger partial charge in [-0.3, -0.25) is 0 Å². The van der Waals surface area contributed by atoms with Gasteiger partial charge < -0.3 is 14.8 Å². The van der Waals surface area contributed by atoms with Crippen LogP contribution < -0.4 is 14.8 Å². The SMILES string of the molecule is COc1ccc2c3c1O[C@@H]1C(C)(P)CCC(CC2)[C@]31CCNCC1CC1. The zero-order valence-corrected chi connectivity index (χ0v) is 17.3. The molecule has 0 aromatic heterocycles. The average Bonchev–Trinajstić information content (AvgIpc) is 3.38. The summed E-state index contributed by atoms with van der Waals surface area (Å²) in [5.74, 6) is 3.65. The lowest BCUT2D eigenvalue weighted by Crippen LogP contribution is -2.59. The fourth-order valence-electron chi connectivity index (χ4n) is 6.09. The van der Waals surface area contributed by atoms with E-state index in [-0.39, 0.29) is 16.7 Å². The second kappa shape index (κ2) is 6.11. The first-order valence-corrected chi connectivity index (χ1v) is 11.0. The lowest BCUT2D eigenvalue weighted by atomic mass is 9.53. The van der Waals surface area contributed by atoms with Crippen LogP contribution in [0.2, 0.25) is 0 Å². The molecule has 1 N–H and O–H groups in total. The van der Waals surface area contributed by atoms with Crippen molar-refractivity contribution in [2.45, 2.75) is 68.5 Å². The van der Waals surface area contributed by atoms with E-state index >= 15 is 0 Å². The molecule has 5 atom stereocenters. The second-order valence-electron chi connectivity index (χ2n) is 9.35. The summed E-state index contributed by atoms with van der Waals surface area (Å²) in [6.07, 6.45) is 9.31. The van der Waals surface area contributed by atoms with Crippen molar-refractivity contribution in [3.05, 3.63) is 23.3 Å². The van der Waals surface area contributed by atoms with Gasteiger partial charge in [-0.1, -0.05) is 13.0 Å². The molecule has 26 heavy (non-hydrogen) atoms. The Bertz CT molecular complexity index is 714. The van der Waals surface area contributed by atoms with Crippen LogP contribution in [0.15, 0.2) is 12.1 Å². The fraction of sp³-hybridized carbons (Fsp3) is 0.727. The van der Waals surface area contributed by atoms with E-state index in [1.807, 2.05) is 0 Å². The average molecular weight is 373 g/mol. The van der Waals surface area contributed by atoms with Crippen LogP contribution in [-0.2, 0) is 11.8 Å². The molecule has 3 aliphatic carbocycles. The molecule has 2 fully saturated rings. The van der Waals surface area contributed by atoms with Crippen molar-refractivity contribution in [1.82, 2.24) is 5.32 Å². The smallest absolute Gasteiger partial charge is 0.165 e. The number of aryl methyl sites for hydroxylation is 1. The van der Waals surface area contributed by atoms with Gasteiger partial charge >= 0.3 is 0 Å². The standard InChI is InChI=1S/C22H32NO2P/c1-21(26)10-9-16-7-5-15-6-8-17(24-2)19-18(15)22(16,20(21)25-19)11-12-23-13-14-3-4-14/h6,8,14,16,20,23H,3-5,7,9-13,26H2,1-2H3/t16?,20-,21?,22-/m1/s1. The van der Waals surface area contributed by atoms with Gasteiger partial charge in [-0.25, -0.2) is 0 Å². The third kappa shape index (κ3) is 2.46. The number of benzene rings is 1. The number of hydrogen-bond acceptors (Lipinski definition) is 3. The number of ether oxygens (including phenoxy) is 2. The van der Waals surface area contributed by atoms with Gasteiger partial charge in [0.25, 0.3) is 0 Å². The highest BCUT2D eigenvalue weighted by Gasteiger charge is 2.63. The van der Waals surface area contributed by atoms with E-state index in [2.05, 4.69) is 33.6 Å². The van der Waals surface area contributed by atoms with Gasteiger partial charge in [0.1, 0.15) is 6.10 Å². The van der Waals surface area contributed by atoms with Crippen molar-refractivity contribution in [3.8, 4) is 11.5 Å². The number of hydrogen-bond donors (Lipinski definition) is 1. The van der Waals surface area contributed by atoms with E-state index in [1.54, 1.807) is 7.11 Å². The monoisotopic (exact) mass is 373 g/mol. The minimum absolute atomic E-state index is 0.131. The molecule has 3 unspecified atom stereocenters. The summed E-state index contributed by atoms with van der Waals surface area (Å²) in [6.45, 7) is 4.68. The van der Waals surface area contributed by atoms with Crippen molar-refractivity contribution in [2.24, 2.45) is 11.8 Å². The number of nitrogens with one attached hydrogen (secondary N) is 1. The zero-order valence-electron chi connectivity index (χ0n) is 16.1. The van der Waals surface area contributed by atoms with Gasteiger partial charge in [-0.05, 0) is 81.5 Å². The summed E-state index contributed by atoms with van der Waals surface area (Å²) >= 11 is 0. The molecule has 1 heterocycles. The van der Waals surface area contributed by atoms with Crippen molar-refractivity contribution in [1.29, 1.82) is 0 Å². The molecule has 3 nitrogen and oxygen atoms in total. The quantitative estimate of drug-likeness (QED) is 0.602. The maximum Gasteiger partial charge on any atom is 0.165 e. The normalized spacial score (nSPS) is 37.2. The molecule has 142 valence electrons. The molecule has 2 saturated carbocycles. The van der Waals surface area contributed by atoms with E-state index in [0.717, 1.165) is 29.9 Å². The Morgan fingerprint density at radius 1 is 1.27 bits per heavy atom. The van der Waals surface area contributed by atoms with Crippen LogP contribution in [0.4, 0.5) is 0 Å². The zero-order chi connectivity index (χ0) is 17.9. The van der Waals surface area contributed by atoms with Crippen LogP contribution in [0.3, 0.4) is 0 Å². The van der Waals surface area contributed by atoms with Crippen LogP contribution in [-0.4, -0.2) is 31.5 Å². The van der Waals surface area contributed by atoms with Crippen LogP contribution >= 0.6 is 9.24 Å². The lowest BCUT2D eigenvalue weighted by molar-refractivity contribution is 0.0137. The Labute approximate surface area is 159 Å². The Hall–Kier alpha value is -0.790. The molecule has 1 aromatic carbocycles. The molecular weight excluding hydrogens is 341 g/mol. The molecule has 0 amide bonds. The predicted molar refractivity (Wildman–Crippen MR) is 108 cm³/mol. The largest absolute Gasteiger partial charge is 0.493 e. The van der Waals surface area contributed by atoms with Crippen molar-refractivity contribution in [2.75, 3.05) is 20.2 Å². The maximum absolute atomic E-state index is 6.76. The molecule has 5 rings (SSSR count). The van der Waals surface area contributed by atoms with E-state index in [9.17, 15) is 0 Å². The third-order valence-corrected chi connectivity index (χ3v) is 8.15. The molecule has 1 aliphatic heterocycles. The third-order valence-electron chi connectivity index (χ3n) is 7.56. The first-order chi connectivity index (χ1) is 12.6. The van der Waals surface area contributed by atoms with E-state index < -0.39 is 0 Å². The van der Waals surface area contributed by atoms with E-state index in [0.29, 0.717) is 0 Å². The molecule has 0 saturated heterocycles. The van der Waals surface area contributed by atoms with Crippen molar-refractivity contribution < 1.29 is 9.47 Å². The Balaban J connectivity index is 1.56. The summed E-state index contributed by atoms with van der Waals surface area (Å²) in [6, 6.07) is 4.42. The van der Waals surface area contributed by atoms with Gasteiger partial charge in [0.05, 0.1) is 7.11 Å².